The third kappa shape index (κ3) is 4.56. The number of hydrogen-bond donors (Lipinski definition) is 1. The van der Waals surface area contributed by atoms with E-state index < -0.39 is 12.7 Å². The molecular formula is C14H18ClF3N2. The monoisotopic (exact) mass is 306 g/mol. The fraction of sp³-hybridized carbons (Fsp3) is 0.571. The summed E-state index contributed by atoms with van der Waals surface area (Å²) >= 11 is 6.05. The molecule has 0 saturated carbocycles. The van der Waals surface area contributed by atoms with E-state index in [1.807, 2.05) is 25.1 Å². The summed E-state index contributed by atoms with van der Waals surface area (Å²) in [5.74, 6) is 0. The summed E-state index contributed by atoms with van der Waals surface area (Å²) in [5.41, 5.74) is 1.94. The summed E-state index contributed by atoms with van der Waals surface area (Å²) in [4.78, 5) is 1.46. The molecule has 1 saturated heterocycles. The molecule has 2 rings (SSSR count). The molecule has 2 nitrogen and oxygen atoms in total. The van der Waals surface area contributed by atoms with Crippen LogP contribution in [0, 0.1) is 6.92 Å². The van der Waals surface area contributed by atoms with Gasteiger partial charge in [-0.1, -0.05) is 17.7 Å². The number of rotatable bonds is 3. The van der Waals surface area contributed by atoms with Crippen molar-refractivity contribution in [2.45, 2.75) is 32.0 Å². The van der Waals surface area contributed by atoms with Crippen molar-refractivity contribution in [3.05, 3.63) is 28.8 Å². The van der Waals surface area contributed by atoms with E-state index in [9.17, 15) is 13.2 Å². The number of hydrogen-bond acceptors (Lipinski definition) is 2. The van der Waals surface area contributed by atoms with Gasteiger partial charge in [0.15, 0.2) is 0 Å². The van der Waals surface area contributed by atoms with Crippen molar-refractivity contribution >= 4 is 17.3 Å². The number of aryl methyl sites for hydroxylation is 1. The normalized spacial score (nSPS) is 18.2. The van der Waals surface area contributed by atoms with E-state index in [0.717, 1.165) is 11.3 Å². The SMILES string of the molecule is Cc1ccc(NC2CCN(CC(F)(F)F)CC2)cc1Cl. The highest BCUT2D eigenvalue weighted by Gasteiger charge is 2.32. The fourth-order valence-corrected chi connectivity index (χ4v) is 2.59. The molecule has 1 aromatic rings. The second-order valence-corrected chi connectivity index (χ2v) is 5.68. The summed E-state index contributed by atoms with van der Waals surface area (Å²) in [7, 11) is 0. The third-order valence-corrected chi connectivity index (χ3v) is 3.94. The summed E-state index contributed by atoms with van der Waals surface area (Å²) in [6, 6.07) is 5.95. The Morgan fingerprint density at radius 3 is 2.50 bits per heavy atom. The number of halogens is 4. The molecule has 6 heteroatoms. The Morgan fingerprint density at radius 2 is 1.95 bits per heavy atom. The first-order chi connectivity index (χ1) is 9.33. The number of piperidine rings is 1. The molecule has 0 spiro atoms. The van der Waals surface area contributed by atoms with Crippen LogP contribution in [0.5, 0.6) is 0 Å². The number of alkyl halides is 3. The summed E-state index contributed by atoms with van der Waals surface area (Å²) in [5, 5.41) is 4.04. The van der Waals surface area contributed by atoms with Crippen LogP contribution in [0.2, 0.25) is 5.02 Å². The first-order valence-electron chi connectivity index (χ1n) is 6.65. The zero-order chi connectivity index (χ0) is 14.8. The zero-order valence-electron chi connectivity index (χ0n) is 11.3. The van der Waals surface area contributed by atoms with Crippen LogP contribution in [0.4, 0.5) is 18.9 Å². The van der Waals surface area contributed by atoms with Crippen molar-refractivity contribution in [2.24, 2.45) is 0 Å². The van der Waals surface area contributed by atoms with Crippen LogP contribution in [0.1, 0.15) is 18.4 Å². The van der Waals surface area contributed by atoms with Crippen LogP contribution >= 0.6 is 11.6 Å². The Bertz CT molecular complexity index is 454. The Balaban J connectivity index is 1.83. The van der Waals surface area contributed by atoms with Crippen molar-refractivity contribution in [2.75, 3.05) is 25.0 Å². The summed E-state index contributed by atoms with van der Waals surface area (Å²) in [6.45, 7) is 2.06. The molecular weight excluding hydrogens is 289 g/mol. The standard InChI is InChI=1S/C14H18ClF3N2/c1-10-2-3-12(8-13(10)15)19-11-4-6-20(7-5-11)9-14(16,17)18/h2-3,8,11,19H,4-7,9H2,1H3. The number of likely N-dealkylation sites (tertiary alicyclic amines) is 1. The van der Waals surface area contributed by atoms with Crippen molar-refractivity contribution in [1.82, 2.24) is 4.90 Å². The number of benzene rings is 1. The first-order valence-corrected chi connectivity index (χ1v) is 7.03. The maximum absolute atomic E-state index is 12.3. The Hall–Kier alpha value is -0.940. The third-order valence-electron chi connectivity index (χ3n) is 3.53. The second-order valence-electron chi connectivity index (χ2n) is 5.27. The van der Waals surface area contributed by atoms with Crippen molar-refractivity contribution in [1.29, 1.82) is 0 Å². The average molecular weight is 307 g/mol. The van der Waals surface area contributed by atoms with Gasteiger partial charge in [-0.3, -0.25) is 4.90 Å². The lowest BCUT2D eigenvalue weighted by Crippen LogP contribution is -2.43. The zero-order valence-corrected chi connectivity index (χ0v) is 12.1. The molecule has 0 radical (unpaired) electrons. The molecule has 0 unspecified atom stereocenters. The molecule has 0 aromatic heterocycles. The fourth-order valence-electron chi connectivity index (χ4n) is 2.41. The lowest BCUT2D eigenvalue weighted by atomic mass is 10.0. The molecule has 0 bridgehead atoms. The van der Waals surface area contributed by atoms with E-state index in [1.165, 1.54) is 4.90 Å². The number of nitrogens with one attached hydrogen (secondary N) is 1. The van der Waals surface area contributed by atoms with Gasteiger partial charge in [0.25, 0.3) is 0 Å². The Labute approximate surface area is 121 Å². The molecule has 20 heavy (non-hydrogen) atoms. The Kier molecular flexibility index (Phi) is 4.81. The predicted molar refractivity (Wildman–Crippen MR) is 75.3 cm³/mol. The maximum atomic E-state index is 12.3. The molecule has 1 heterocycles. The average Bonchev–Trinajstić information content (AvgIpc) is 2.35. The summed E-state index contributed by atoms with van der Waals surface area (Å²) in [6.07, 6.45) is -2.69. The first kappa shape index (κ1) is 15.4. The largest absolute Gasteiger partial charge is 0.401 e. The van der Waals surface area contributed by atoms with Crippen molar-refractivity contribution in [3.63, 3.8) is 0 Å². The predicted octanol–water partition coefficient (Wildman–Crippen LogP) is 4.09. The molecule has 0 aliphatic carbocycles. The van der Waals surface area contributed by atoms with Crippen molar-refractivity contribution in [3.8, 4) is 0 Å². The van der Waals surface area contributed by atoms with E-state index in [1.54, 1.807) is 0 Å². The number of nitrogens with zero attached hydrogens (tertiary/aromatic N) is 1. The van der Waals surface area contributed by atoms with Gasteiger partial charge in [-0.25, -0.2) is 0 Å². The maximum Gasteiger partial charge on any atom is 0.401 e. The molecule has 1 aliphatic heterocycles. The highest BCUT2D eigenvalue weighted by atomic mass is 35.5. The van der Waals surface area contributed by atoms with Crippen LogP contribution in [0.3, 0.4) is 0 Å². The second kappa shape index (κ2) is 6.22. The minimum atomic E-state index is -4.11. The Morgan fingerprint density at radius 1 is 1.30 bits per heavy atom. The van der Waals surface area contributed by atoms with Crippen LogP contribution in [-0.2, 0) is 0 Å². The van der Waals surface area contributed by atoms with Gasteiger partial charge >= 0.3 is 6.18 Å². The van der Waals surface area contributed by atoms with Crippen LogP contribution in [0.25, 0.3) is 0 Å². The van der Waals surface area contributed by atoms with E-state index in [2.05, 4.69) is 5.32 Å². The van der Waals surface area contributed by atoms with Gasteiger partial charge in [0.05, 0.1) is 6.54 Å². The van der Waals surface area contributed by atoms with E-state index in [4.69, 9.17) is 11.6 Å². The van der Waals surface area contributed by atoms with Gasteiger partial charge < -0.3 is 5.32 Å². The highest BCUT2D eigenvalue weighted by Crippen LogP contribution is 2.24. The summed E-state index contributed by atoms with van der Waals surface area (Å²) < 4.78 is 36.9. The van der Waals surface area contributed by atoms with Gasteiger partial charge in [-0.15, -0.1) is 0 Å². The minimum absolute atomic E-state index is 0.207. The molecule has 0 amide bonds. The topological polar surface area (TPSA) is 15.3 Å². The molecule has 1 aromatic carbocycles. The van der Waals surface area contributed by atoms with Crippen LogP contribution < -0.4 is 5.32 Å². The molecule has 1 N–H and O–H groups in total. The van der Waals surface area contributed by atoms with Crippen LogP contribution in [-0.4, -0.2) is 36.8 Å². The van der Waals surface area contributed by atoms with Crippen LogP contribution in [0.15, 0.2) is 18.2 Å². The molecule has 0 atom stereocenters. The number of anilines is 1. The van der Waals surface area contributed by atoms with Gasteiger partial charge in [0.2, 0.25) is 0 Å². The highest BCUT2D eigenvalue weighted by molar-refractivity contribution is 6.31. The van der Waals surface area contributed by atoms with Gasteiger partial charge in [0, 0.05) is 29.8 Å². The van der Waals surface area contributed by atoms with E-state index in [-0.39, 0.29) is 6.04 Å². The minimum Gasteiger partial charge on any atom is -0.382 e. The molecule has 1 aliphatic rings. The van der Waals surface area contributed by atoms with E-state index in [0.29, 0.717) is 31.0 Å². The smallest absolute Gasteiger partial charge is 0.382 e. The lowest BCUT2D eigenvalue weighted by molar-refractivity contribution is -0.147. The van der Waals surface area contributed by atoms with Gasteiger partial charge in [-0.2, -0.15) is 13.2 Å². The molecule has 1 fully saturated rings. The van der Waals surface area contributed by atoms with Gasteiger partial charge in [0.1, 0.15) is 0 Å². The molecule has 112 valence electrons. The van der Waals surface area contributed by atoms with E-state index >= 15 is 0 Å². The quantitative estimate of drug-likeness (QED) is 0.905. The lowest BCUT2D eigenvalue weighted by Gasteiger charge is -2.33. The van der Waals surface area contributed by atoms with Crippen molar-refractivity contribution < 1.29 is 13.2 Å². The van der Waals surface area contributed by atoms with Gasteiger partial charge in [-0.05, 0) is 37.5 Å².